The van der Waals surface area contributed by atoms with Crippen molar-refractivity contribution in [3.8, 4) is 11.5 Å². The predicted octanol–water partition coefficient (Wildman–Crippen LogP) is 3.84. The molecule has 7 rings (SSSR count). The number of ether oxygens (including phenoxy) is 1. The van der Waals surface area contributed by atoms with E-state index in [9.17, 15) is 44.1 Å². The van der Waals surface area contributed by atoms with Crippen LogP contribution in [0, 0.1) is 29.6 Å². The Kier molecular flexibility index (Phi) is 6.96. The van der Waals surface area contributed by atoms with Gasteiger partial charge in [-0.2, -0.15) is 0 Å². The second-order valence-corrected chi connectivity index (χ2v) is 12.2. The number of carboxylic acid groups (broad SMARTS) is 2. The third-order valence-electron chi connectivity index (χ3n) is 9.90. The van der Waals surface area contributed by atoms with Gasteiger partial charge in [-0.3, -0.25) is 29.0 Å². The molecular weight excluding hydrogens is 608 g/mol. The smallest absolute Gasteiger partial charge is 0.335 e. The number of rotatable bonds is 6. The summed E-state index contributed by atoms with van der Waals surface area (Å²) in [6.45, 7) is 0. The molecule has 6 unspecified atom stereocenters. The van der Waals surface area contributed by atoms with Crippen molar-refractivity contribution in [1.82, 2.24) is 0 Å². The average molecular weight is 637 g/mol. The number of phenolic OH excluding ortho intramolecular Hbond substituents is 1. The highest BCUT2D eigenvalue weighted by atomic mass is 16.5. The van der Waals surface area contributed by atoms with Crippen molar-refractivity contribution in [2.75, 3.05) is 16.9 Å². The summed E-state index contributed by atoms with van der Waals surface area (Å²) in [4.78, 5) is 81.8. The van der Waals surface area contributed by atoms with Crippen molar-refractivity contribution in [3.63, 3.8) is 0 Å². The van der Waals surface area contributed by atoms with E-state index in [1.54, 1.807) is 6.07 Å². The number of hydrogen-bond donors (Lipinski definition) is 3. The highest BCUT2D eigenvalue weighted by Gasteiger charge is 2.62. The summed E-state index contributed by atoms with van der Waals surface area (Å²) in [5, 5.41) is 29.3. The van der Waals surface area contributed by atoms with E-state index < -0.39 is 71.1 Å². The first-order chi connectivity index (χ1) is 22.5. The van der Waals surface area contributed by atoms with Crippen LogP contribution in [0.15, 0.2) is 78.4 Å². The molecule has 3 aromatic carbocycles. The Morgan fingerprint density at radius 1 is 0.723 bits per heavy atom. The molecule has 47 heavy (non-hydrogen) atoms. The quantitative estimate of drug-likeness (QED) is 0.266. The molecule has 12 heteroatoms. The molecule has 3 fully saturated rings. The van der Waals surface area contributed by atoms with Crippen LogP contribution in [0.25, 0.3) is 0 Å². The number of amides is 4. The van der Waals surface area contributed by atoms with Gasteiger partial charge < -0.3 is 20.1 Å². The molecule has 0 aromatic heterocycles. The maximum absolute atomic E-state index is 14.3. The monoisotopic (exact) mass is 636 g/mol. The minimum absolute atomic E-state index is 0.0796. The van der Waals surface area contributed by atoms with Crippen molar-refractivity contribution in [2.45, 2.75) is 18.8 Å². The third-order valence-corrected chi connectivity index (χ3v) is 9.90. The Labute approximate surface area is 267 Å². The number of imide groups is 2. The molecule has 3 aromatic rings. The van der Waals surface area contributed by atoms with Gasteiger partial charge in [-0.1, -0.05) is 29.8 Å². The zero-order valence-electron chi connectivity index (χ0n) is 24.9. The van der Waals surface area contributed by atoms with E-state index in [1.165, 1.54) is 67.8 Å². The zero-order valence-corrected chi connectivity index (χ0v) is 24.9. The number of allylic oxidation sites excluding steroid dienone is 2. The van der Waals surface area contributed by atoms with Crippen LogP contribution in [0.2, 0.25) is 0 Å². The fourth-order valence-corrected chi connectivity index (χ4v) is 7.96. The summed E-state index contributed by atoms with van der Waals surface area (Å²) in [6, 6.07) is 15.6. The number of hydrogen-bond acceptors (Lipinski definition) is 8. The van der Waals surface area contributed by atoms with Crippen LogP contribution in [0.5, 0.6) is 11.5 Å². The van der Waals surface area contributed by atoms with Crippen LogP contribution >= 0.6 is 0 Å². The lowest BCUT2D eigenvalue weighted by molar-refractivity contribution is -0.126. The first-order valence-corrected chi connectivity index (χ1v) is 15.0. The fraction of sp³-hybridized carbons (Fsp3) is 0.257. The number of aromatic carboxylic acids is 2. The summed E-state index contributed by atoms with van der Waals surface area (Å²) in [6.07, 6.45) is 2.11. The van der Waals surface area contributed by atoms with Gasteiger partial charge in [0.15, 0.2) is 0 Å². The maximum Gasteiger partial charge on any atom is 0.335 e. The number of methoxy groups -OCH3 is 1. The van der Waals surface area contributed by atoms with Gasteiger partial charge >= 0.3 is 11.9 Å². The highest BCUT2D eigenvalue weighted by molar-refractivity contribution is 6.24. The lowest BCUT2D eigenvalue weighted by Gasteiger charge is -2.44. The van der Waals surface area contributed by atoms with E-state index in [4.69, 9.17) is 4.74 Å². The molecule has 6 atom stereocenters. The van der Waals surface area contributed by atoms with Crippen LogP contribution in [0.4, 0.5) is 11.4 Å². The molecule has 238 valence electrons. The minimum Gasteiger partial charge on any atom is -0.508 e. The van der Waals surface area contributed by atoms with Gasteiger partial charge in [-0.15, -0.1) is 0 Å². The van der Waals surface area contributed by atoms with Gasteiger partial charge in [0.1, 0.15) is 11.5 Å². The van der Waals surface area contributed by atoms with Gasteiger partial charge in [-0.25, -0.2) is 9.59 Å². The predicted molar refractivity (Wildman–Crippen MR) is 164 cm³/mol. The summed E-state index contributed by atoms with van der Waals surface area (Å²) < 4.78 is 5.61. The van der Waals surface area contributed by atoms with E-state index >= 15 is 0 Å². The molecule has 3 N–H and O–H groups in total. The van der Waals surface area contributed by atoms with E-state index in [0.29, 0.717) is 11.1 Å². The largest absolute Gasteiger partial charge is 0.508 e. The van der Waals surface area contributed by atoms with E-state index in [0.717, 1.165) is 9.80 Å². The van der Waals surface area contributed by atoms with Crippen LogP contribution < -0.4 is 14.5 Å². The first kappa shape index (κ1) is 29.9. The Hall–Kier alpha value is -5.78. The third kappa shape index (κ3) is 4.50. The van der Waals surface area contributed by atoms with Crippen molar-refractivity contribution in [1.29, 1.82) is 0 Å². The van der Waals surface area contributed by atoms with Gasteiger partial charge in [0, 0.05) is 17.5 Å². The van der Waals surface area contributed by atoms with Crippen molar-refractivity contribution >= 4 is 46.9 Å². The molecule has 2 heterocycles. The van der Waals surface area contributed by atoms with Crippen LogP contribution in [-0.4, -0.2) is 58.0 Å². The zero-order chi connectivity index (χ0) is 33.3. The first-order valence-electron chi connectivity index (χ1n) is 15.0. The second kappa shape index (κ2) is 10.9. The molecule has 2 aliphatic carbocycles. The Morgan fingerprint density at radius 2 is 1.30 bits per heavy atom. The maximum atomic E-state index is 14.3. The molecule has 4 aliphatic rings. The summed E-state index contributed by atoms with van der Waals surface area (Å²) in [5.41, 5.74) is 1.27. The minimum atomic E-state index is -1.22. The number of benzene rings is 3. The standard InChI is InChI=1S/C35H28N2O10/c1-47-26-14-20(38)8-9-22(26)27-21-10-11-23-28(32(41)36(30(23)39)18-6-2-4-16(12-18)34(43)44)24(21)15-25-29(27)33(42)37(31(25)40)19-7-3-5-17(13-19)35(45)46/h2-10,12-14,23-25,27-29,38H,11,15H2,1H3,(H,43,44)(H,45,46). The van der Waals surface area contributed by atoms with Crippen LogP contribution in [0.1, 0.15) is 45.0 Å². The lowest BCUT2D eigenvalue weighted by Crippen LogP contribution is -2.43. The number of anilines is 2. The number of carbonyl (C=O) groups excluding carboxylic acids is 4. The van der Waals surface area contributed by atoms with Crippen molar-refractivity contribution in [2.24, 2.45) is 29.6 Å². The second-order valence-electron chi connectivity index (χ2n) is 12.2. The van der Waals surface area contributed by atoms with Gasteiger partial charge in [0.2, 0.25) is 23.6 Å². The Morgan fingerprint density at radius 3 is 1.87 bits per heavy atom. The number of nitrogens with zero attached hydrogens (tertiary/aromatic N) is 2. The number of fused-ring (bicyclic) bond motifs is 4. The van der Waals surface area contributed by atoms with E-state index in [1.807, 2.05) is 6.08 Å². The fourth-order valence-electron chi connectivity index (χ4n) is 7.96. The molecule has 12 nitrogen and oxygen atoms in total. The van der Waals surface area contributed by atoms with Crippen molar-refractivity contribution < 1.29 is 48.8 Å². The summed E-state index contributed by atoms with van der Waals surface area (Å²) in [5.74, 6) is -9.23. The lowest BCUT2D eigenvalue weighted by atomic mass is 9.57. The molecule has 0 spiro atoms. The molecule has 1 saturated carbocycles. The van der Waals surface area contributed by atoms with Crippen molar-refractivity contribution in [3.05, 3.63) is 95.1 Å². The average Bonchev–Trinajstić information content (AvgIpc) is 3.47. The number of carbonyl (C=O) groups is 6. The Balaban J connectivity index is 1.34. The highest BCUT2D eigenvalue weighted by Crippen LogP contribution is 2.59. The topological polar surface area (TPSA) is 179 Å². The number of phenols is 1. The normalized spacial score (nSPS) is 26.4. The number of carboxylic acids is 2. The molecular formula is C35H28N2O10. The summed E-state index contributed by atoms with van der Waals surface area (Å²) in [7, 11) is 1.41. The summed E-state index contributed by atoms with van der Waals surface area (Å²) >= 11 is 0. The van der Waals surface area contributed by atoms with E-state index in [-0.39, 0.29) is 46.8 Å². The molecule has 2 saturated heterocycles. The van der Waals surface area contributed by atoms with Crippen LogP contribution in [-0.2, 0) is 19.2 Å². The molecule has 4 amide bonds. The molecule has 2 aliphatic heterocycles. The van der Waals surface area contributed by atoms with Crippen LogP contribution in [0.3, 0.4) is 0 Å². The van der Waals surface area contributed by atoms with E-state index in [2.05, 4.69) is 0 Å². The Bertz CT molecular complexity index is 1950. The molecule has 0 radical (unpaired) electrons. The van der Waals surface area contributed by atoms with Gasteiger partial charge in [-0.05, 0) is 61.2 Å². The number of aromatic hydroxyl groups is 1. The van der Waals surface area contributed by atoms with Gasteiger partial charge in [0.25, 0.3) is 0 Å². The SMILES string of the molecule is COc1cc(O)ccc1C1C2=CCC3C(=O)N(c4cccc(C(=O)O)c4)C(=O)C3C2CC2C(=O)N(c3cccc(C(=O)O)c3)C(=O)C21. The van der Waals surface area contributed by atoms with Gasteiger partial charge in [0.05, 0.1) is 53.3 Å². The molecule has 0 bridgehead atoms.